The standard InChI is InChI=1S/C17H16ClFN4O/c1-20-17(23-24)15-9-21-16(11-4-2-3-5-13(11)19)12-8-10(18)6-7-14(12)22-15/h2-8,15,22,24H,9H2,1H3,(H,20,23). The van der Waals surface area contributed by atoms with Crippen LogP contribution in [0.25, 0.3) is 0 Å². The first-order valence-corrected chi connectivity index (χ1v) is 7.77. The number of rotatable bonds is 2. The van der Waals surface area contributed by atoms with Gasteiger partial charge in [-0.3, -0.25) is 4.99 Å². The van der Waals surface area contributed by atoms with Crippen LogP contribution in [0.2, 0.25) is 5.02 Å². The first-order chi connectivity index (χ1) is 11.6. The van der Waals surface area contributed by atoms with E-state index in [2.05, 4.69) is 20.8 Å². The Labute approximate surface area is 143 Å². The fraction of sp³-hybridized carbons (Fsp3) is 0.176. The van der Waals surface area contributed by atoms with Gasteiger partial charge in [0, 0.05) is 28.9 Å². The Hall–Kier alpha value is -2.60. The van der Waals surface area contributed by atoms with Gasteiger partial charge in [-0.2, -0.15) is 0 Å². The van der Waals surface area contributed by atoms with Gasteiger partial charge in [0.2, 0.25) is 0 Å². The molecule has 0 saturated heterocycles. The van der Waals surface area contributed by atoms with Crippen molar-refractivity contribution in [2.75, 3.05) is 18.9 Å². The summed E-state index contributed by atoms with van der Waals surface area (Å²) in [4.78, 5) is 4.56. The van der Waals surface area contributed by atoms with Crippen molar-refractivity contribution in [1.82, 2.24) is 5.32 Å². The predicted molar refractivity (Wildman–Crippen MR) is 94.0 cm³/mol. The third-order valence-electron chi connectivity index (χ3n) is 3.82. The Kier molecular flexibility index (Phi) is 4.66. The minimum atomic E-state index is -0.371. The number of oxime groups is 1. The molecule has 7 heteroatoms. The van der Waals surface area contributed by atoms with E-state index in [9.17, 15) is 4.39 Å². The second kappa shape index (κ2) is 6.88. The van der Waals surface area contributed by atoms with Gasteiger partial charge >= 0.3 is 0 Å². The van der Waals surface area contributed by atoms with Crippen molar-refractivity contribution in [3.05, 3.63) is 64.4 Å². The number of benzene rings is 2. The highest BCUT2D eigenvalue weighted by molar-refractivity contribution is 6.31. The summed E-state index contributed by atoms with van der Waals surface area (Å²) < 4.78 is 14.3. The molecular formula is C17H16ClFN4O. The molecule has 0 saturated carbocycles. The van der Waals surface area contributed by atoms with Crippen LogP contribution in [-0.2, 0) is 0 Å². The maximum Gasteiger partial charge on any atom is 0.165 e. The molecule has 124 valence electrons. The van der Waals surface area contributed by atoms with Gasteiger partial charge in [-0.15, -0.1) is 0 Å². The van der Waals surface area contributed by atoms with E-state index in [0.717, 1.165) is 5.69 Å². The van der Waals surface area contributed by atoms with Gasteiger partial charge in [-0.1, -0.05) is 28.9 Å². The number of hydrogen-bond acceptors (Lipinski definition) is 4. The number of amidine groups is 1. The second-order valence-corrected chi connectivity index (χ2v) is 5.73. The summed E-state index contributed by atoms with van der Waals surface area (Å²) in [7, 11) is 1.66. The summed E-state index contributed by atoms with van der Waals surface area (Å²) >= 11 is 6.12. The van der Waals surface area contributed by atoms with Crippen molar-refractivity contribution in [3.63, 3.8) is 0 Å². The highest BCUT2D eigenvalue weighted by atomic mass is 35.5. The molecule has 1 heterocycles. The topological polar surface area (TPSA) is 69.0 Å². The number of aliphatic imine (C=N–C) groups is 1. The summed E-state index contributed by atoms with van der Waals surface area (Å²) in [5, 5.41) is 19.0. The quantitative estimate of drug-likeness (QED) is 0.339. The molecule has 3 N–H and O–H groups in total. The summed E-state index contributed by atoms with van der Waals surface area (Å²) in [5.74, 6) is -0.0141. The maximum absolute atomic E-state index is 14.3. The van der Waals surface area contributed by atoms with Crippen molar-refractivity contribution in [2.24, 2.45) is 10.1 Å². The molecule has 0 amide bonds. The van der Waals surface area contributed by atoms with Gasteiger partial charge in [-0.25, -0.2) is 4.39 Å². The summed E-state index contributed by atoms with van der Waals surface area (Å²) in [6, 6.07) is 11.4. The van der Waals surface area contributed by atoms with Crippen LogP contribution < -0.4 is 10.6 Å². The Morgan fingerprint density at radius 2 is 2.12 bits per heavy atom. The van der Waals surface area contributed by atoms with E-state index in [1.807, 2.05) is 0 Å². The number of nitrogens with zero attached hydrogens (tertiary/aromatic N) is 2. The van der Waals surface area contributed by atoms with Crippen molar-refractivity contribution in [1.29, 1.82) is 0 Å². The monoisotopic (exact) mass is 346 g/mol. The van der Waals surface area contributed by atoms with Crippen LogP contribution in [0.1, 0.15) is 11.1 Å². The summed E-state index contributed by atoms with van der Waals surface area (Å²) in [6.07, 6.45) is 0. The first kappa shape index (κ1) is 16.3. The maximum atomic E-state index is 14.3. The lowest BCUT2D eigenvalue weighted by Crippen LogP contribution is -2.39. The molecule has 5 nitrogen and oxygen atoms in total. The molecule has 1 aliphatic heterocycles. The van der Waals surface area contributed by atoms with Crippen molar-refractivity contribution < 1.29 is 9.60 Å². The molecule has 3 rings (SSSR count). The highest BCUT2D eigenvalue weighted by Gasteiger charge is 2.24. The number of anilines is 1. The van der Waals surface area contributed by atoms with Gasteiger partial charge in [0.25, 0.3) is 0 Å². The van der Waals surface area contributed by atoms with Crippen LogP contribution in [0.4, 0.5) is 10.1 Å². The zero-order valence-electron chi connectivity index (χ0n) is 12.9. The average molecular weight is 347 g/mol. The lowest BCUT2D eigenvalue weighted by Gasteiger charge is -2.18. The van der Waals surface area contributed by atoms with E-state index in [4.69, 9.17) is 16.8 Å². The van der Waals surface area contributed by atoms with E-state index < -0.39 is 0 Å². The number of benzodiazepines with no additional fused rings is 1. The Balaban J connectivity index is 2.15. The van der Waals surface area contributed by atoms with E-state index in [1.165, 1.54) is 6.07 Å². The van der Waals surface area contributed by atoms with Crippen molar-refractivity contribution >= 4 is 28.8 Å². The van der Waals surface area contributed by atoms with Crippen LogP contribution in [0.3, 0.4) is 0 Å². The molecule has 1 atom stereocenters. The van der Waals surface area contributed by atoms with Gasteiger partial charge in [0.05, 0.1) is 12.3 Å². The van der Waals surface area contributed by atoms with Crippen LogP contribution in [0, 0.1) is 5.82 Å². The molecule has 2 aromatic rings. The molecule has 0 fully saturated rings. The normalized spacial score (nSPS) is 17.4. The molecule has 0 radical (unpaired) electrons. The minimum Gasteiger partial charge on any atom is -0.409 e. The van der Waals surface area contributed by atoms with Gasteiger partial charge in [0.1, 0.15) is 11.9 Å². The number of fused-ring (bicyclic) bond motifs is 1. The molecule has 24 heavy (non-hydrogen) atoms. The first-order valence-electron chi connectivity index (χ1n) is 7.39. The van der Waals surface area contributed by atoms with Crippen LogP contribution >= 0.6 is 11.6 Å². The zero-order chi connectivity index (χ0) is 17.1. The third kappa shape index (κ3) is 3.05. The SMILES string of the molecule is CNC(=NO)C1CN=C(c2ccccc2F)c2cc(Cl)ccc2N1. The van der Waals surface area contributed by atoms with Gasteiger partial charge in [-0.05, 0) is 30.3 Å². The molecule has 0 spiro atoms. The Bertz CT molecular complexity index is 822. The minimum absolute atomic E-state index is 0.274. The smallest absolute Gasteiger partial charge is 0.165 e. The second-order valence-electron chi connectivity index (χ2n) is 5.29. The molecule has 0 aromatic heterocycles. The number of nitrogens with one attached hydrogen (secondary N) is 2. The van der Waals surface area contributed by atoms with E-state index >= 15 is 0 Å². The fourth-order valence-corrected chi connectivity index (χ4v) is 2.84. The number of hydrogen-bond donors (Lipinski definition) is 3. The molecule has 0 bridgehead atoms. The lowest BCUT2D eigenvalue weighted by atomic mass is 10.00. The van der Waals surface area contributed by atoms with E-state index in [1.54, 1.807) is 43.4 Å². The zero-order valence-corrected chi connectivity index (χ0v) is 13.7. The molecule has 1 aliphatic rings. The molecule has 0 aliphatic carbocycles. The third-order valence-corrected chi connectivity index (χ3v) is 4.06. The highest BCUT2D eigenvalue weighted by Crippen LogP contribution is 2.28. The Morgan fingerprint density at radius 3 is 2.83 bits per heavy atom. The largest absolute Gasteiger partial charge is 0.409 e. The van der Waals surface area contributed by atoms with Crippen LogP contribution in [0.5, 0.6) is 0 Å². The van der Waals surface area contributed by atoms with Crippen LogP contribution in [0.15, 0.2) is 52.6 Å². The molecular weight excluding hydrogens is 331 g/mol. The fourth-order valence-electron chi connectivity index (χ4n) is 2.67. The van der Waals surface area contributed by atoms with Crippen molar-refractivity contribution in [3.8, 4) is 0 Å². The number of likely N-dealkylation sites (N-methyl/N-ethyl adjacent to an activating group) is 1. The summed E-state index contributed by atoms with van der Waals surface area (Å²) in [6.45, 7) is 0.274. The lowest BCUT2D eigenvalue weighted by molar-refractivity contribution is 0.315. The van der Waals surface area contributed by atoms with Gasteiger partial charge in [0.15, 0.2) is 5.84 Å². The summed E-state index contributed by atoms with van der Waals surface area (Å²) in [5.41, 5.74) is 2.34. The van der Waals surface area contributed by atoms with Crippen LogP contribution in [-0.4, -0.2) is 36.4 Å². The predicted octanol–water partition coefficient (Wildman–Crippen LogP) is 3.12. The van der Waals surface area contributed by atoms with Crippen molar-refractivity contribution in [2.45, 2.75) is 6.04 Å². The van der Waals surface area contributed by atoms with Gasteiger partial charge < -0.3 is 15.8 Å². The molecule has 1 unspecified atom stereocenters. The average Bonchev–Trinajstić information content (AvgIpc) is 2.76. The molecule has 2 aromatic carbocycles. The Morgan fingerprint density at radius 1 is 1.33 bits per heavy atom. The number of halogens is 2. The van der Waals surface area contributed by atoms with E-state index in [0.29, 0.717) is 27.7 Å². The van der Waals surface area contributed by atoms with E-state index in [-0.39, 0.29) is 18.4 Å².